The van der Waals surface area contributed by atoms with Crippen LogP contribution in [0.25, 0.3) is 0 Å². The van der Waals surface area contributed by atoms with E-state index in [0.29, 0.717) is 18.0 Å². The fourth-order valence-corrected chi connectivity index (χ4v) is 2.81. The molecule has 0 saturated heterocycles. The van der Waals surface area contributed by atoms with E-state index in [-0.39, 0.29) is 11.3 Å². The number of nitrogens with zero attached hydrogens (tertiary/aromatic N) is 1. The number of nitrogens with one attached hydrogen (secondary N) is 1. The van der Waals surface area contributed by atoms with Crippen molar-refractivity contribution in [2.24, 2.45) is 0 Å². The van der Waals surface area contributed by atoms with E-state index in [1.807, 2.05) is 24.3 Å². The first kappa shape index (κ1) is 16.6. The Kier molecular flexibility index (Phi) is 5.32. The van der Waals surface area contributed by atoms with Crippen molar-refractivity contribution in [2.45, 2.75) is 39.3 Å². The Bertz CT molecular complexity index is 627. The molecule has 2 aromatic rings. The van der Waals surface area contributed by atoms with Crippen LogP contribution >= 0.6 is 11.3 Å². The Morgan fingerprint density at radius 2 is 1.86 bits per heavy atom. The largest absolute Gasteiger partial charge is 0.380 e. The summed E-state index contributed by atoms with van der Waals surface area (Å²) in [5.41, 5.74) is 2.16. The molecule has 0 radical (unpaired) electrons. The van der Waals surface area contributed by atoms with Crippen LogP contribution in [0.2, 0.25) is 0 Å². The van der Waals surface area contributed by atoms with E-state index in [1.165, 1.54) is 11.3 Å². The molecule has 0 aliphatic rings. The molecule has 0 aliphatic heterocycles. The van der Waals surface area contributed by atoms with Crippen molar-refractivity contribution in [2.75, 3.05) is 7.11 Å². The first-order valence-corrected chi connectivity index (χ1v) is 8.03. The molecule has 1 aromatic heterocycles. The second kappa shape index (κ2) is 7.03. The normalized spacial score (nSPS) is 11.5. The molecule has 0 spiro atoms. The fraction of sp³-hybridized carbons (Fsp3) is 0.412. The van der Waals surface area contributed by atoms with E-state index >= 15 is 0 Å². The average Bonchev–Trinajstić information content (AvgIpc) is 2.96. The number of rotatable bonds is 5. The van der Waals surface area contributed by atoms with Crippen molar-refractivity contribution in [1.29, 1.82) is 0 Å². The predicted octanol–water partition coefficient (Wildman–Crippen LogP) is 3.52. The van der Waals surface area contributed by atoms with Crippen molar-refractivity contribution in [1.82, 2.24) is 10.3 Å². The van der Waals surface area contributed by atoms with Crippen molar-refractivity contribution >= 4 is 17.2 Å². The third kappa shape index (κ3) is 4.39. The first-order valence-electron chi connectivity index (χ1n) is 7.21. The monoisotopic (exact) mass is 318 g/mol. The lowest BCUT2D eigenvalue weighted by Crippen LogP contribution is -2.21. The first-order chi connectivity index (χ1) is 10.4. The summed E-state index contributed by atoms with van der Waals surface area (Å²) in [6.45, 7) is 7.39. The molecule has 2 rings (SSSR count). The van der Waals surface area contributed by atoms with E-state index in [1.54, 1.807) is 13.3 Å². The van der Waals surface area contributed by atoms with Crippen molar-refractivity contribution in [3.63, 3.8) is 0 Å². The number of methoxy groups -OCH3 is 1. The lowest BCUT2D eigenvalue weighted by molar-refractivity contribution is 0.0954. The quantitative estimate of drug-likeness (QED) is 0.917. The molecule has 118 valence electrons. The molecule has 1 aromatic carbocycles. The number of ether oxygens (including phenoxy) is 1. The van der Waals surface area contributed by atoms with Crippen LogP contribution in [-0.4, -0.2) is 18.0 Å². The van der Waals surface area contributed by atoms with Crippen LogP contribution in [0, 0.1) is 0 Å². The lowest BCUT2D eigenvalue weighted by atomic mass is 9.98. The Morgan fingerprint density at radius 3 is 2.41 bits per heavy atom. The third-order valence-electron chi connectivity index (χ3n) is 3.16. The van der Waals surface area contributed by atoms with Crippen LogP contribution in [-0.2, 0) is 23.3 Å². The number of hydrogen-bond donors (Lipinski definition) is 1. The second-order valence-electron chi connectivity index (χ2n) is 6.21. The Hall–Kier alpha value is -1.72. The van der Waals surface area contributed by atoms with Crippen LogP contribution in [0.5, 0.6) is 0 Å². The van der Waals surface area contributed by atoms with Gasteiger partial charge in [0.1, 0.15) is 4.88 Å². The molecule has 5 heteroatoms. The summed E-state index contributed by atoms with van der Waals surface area (Å²) in [7, 11) is 1.68. The van der Waals surface area contributed by atoms with Gasteiger partial charge in [0.15, 0.2) is 0 Å². The van der Waals surface area contributed by atoms with Gasteiger partial charge in [-0.25, -0.2) is 4.98 Å². The van der Waals surface area contributed by atoms with Crippen molar-refractivity contribution < 1.29 is 9.53 Å². The standard InChI is InChI=1S/C17H22N2O2S/c1-17(2,3)16-19-10-14(22-16)15(20)18-9-12-5-7-13(8-6-12)11-21-4/h5-8,10H,9,11H2,1-4H3,(H,18,20). The molecule has 0 saturated carbocycles. The SMILES string of the molecule is COCc1ccc(CNC(=O)c2cnc(C(C)(C)C)s2)cc1. The average molecular weight is 318 g/mol. The summed E-state index contributed by atoms with van der Waals surface area (Å²) in [4.78, 5) is 17.2. The molecule has 1 amide bonds. The summed E-state index contributed by atoms with van der Waals surface area (Å²) < 4.78 is 5.08. The van der Waals surface area contributed by atoms with Crippen LogP contribution in [0.1, 0.15) is 46.6 Å². The van der Waals surface area contributed by atoms with Gasteiger partial charge in [-0.05, 0) is 11.1 Å². The van der Waals surface area contributed by atoms with Gasteiger partial charge in [-0.1, -0.05) is 45.0 Å². The van der Waals surface area contributed by atoms with Gasteiger partial charge in [0, 0.05) is 19.1 Å². The highest BCUT2D eigenvalue weighted by molar-refractivity contribution is 7.13. The zero-order valence-electron chi connectivity index (χ0n) is 13.5. The number of benzene rings is 1. The van der Waals surface area contributed by atoms with E-state index in [4.69, 9.17) is 4.74 Å². The number of amides is 1. The number of thiazole rings is 1. The molecular formula is C17H22N2O2S. The number of aromatic nitrogens is 1. The number of carbonyl (C=O) groups excluding carboxylic acids is 1. The van der Waals surface area contributed by atoms with Crippen molar-refractivity contribution in [3.05, 3.63) is 51.5 Å². The van der Waals surface area contributed by atoms with Crippen molar-refractivity contribution in [3.8, 4) is 0 Å². The lowest BCUT2D eigenvalue weighted by Gasteiger charge is -2.13. The summed E-state index contributed by atoms with van der Waals surface area (Å²) in [5.74, 6) is -0.0750. The van der Waals surface area contributed by atoms with Gasteiger partial charge in [-0.15, -0.1) is 11.3 Å². The van der Waals surface area contributed by atoms with Crippen LogP contribution in [0.4, 0.5) is 0 Å². The van der Waals surface area contributed by atoms with E-state index in [2.05, 4.69) is 31.1 Å². The third-order valence-corrected chi connectivity index (χ3v) is 4.58. The molecule has 0 fully saturated rings. The smallest absolute Gasteiger partial charge is 0.263 e. The minimum absolute atomic E-state index is 0.0274. The van der Waals surface area contributed by atoms with Gasteiger partial charge in [0.2, 0.25) is 0 Å². The predicted molar refractivity (Wildman–Crippen MR) is 89.1 cm³/mol. The zero-order valence-corrected chi connectivity index (χ0v) is 14.3. The summed E-state index contributed by atoms with van der Waals surface area (Å²) in [5, 5.41) is 3.91. The molecule has 0 unspecified atom stereocenters. The molecule has 0 aliphatic carbocycles. The number of hydrogen-bond acceptors (Lipinski definition) is 4. The zero-order chi connectivity index (χ0) is 16.2. The van der Waals surface area contributed by atoms with E-state index < -0.39 is 0 Å². The minimum Gasteiger partial charge on any atom is -0.380 e. The second-order valence-corrected chi connectivity index (χ2v) is 7.24. The summed E-state index contributed by atoms with van der Waals surface area (Å²) in [6, 6.07) is 8.02. The molecule has 22 heavy (non-hydrogen) atoms. The highest BCUT2D eigenvalue weighted by atomic mass is 32.1. The number of carbonyl (C=O) groups is 1. The maximum atomic E-state index is 12.2. The Morgan fingerprint density at radius 1 is 1.23 bits per heavy atom. The van der Waals surface area contributed by atoms with Crippen LogP contribution < -0.4 is 5.32 Å². The Balaban J connectivity index is 1.93. The molecule has 1 heterocycles. The fourth-order valence-electron chi connectivity index (χ4n) is 1.92. The van der Waals surface area contributed by atoms with Crippen LogP contribution in [0.3, 0.4) is 0 Å². The van der Waals surface area contributed by atoms with Gasteiger partial charge < -0.3 is 10.1 Å². The maximum Gasteiger partial charge on any atom is 0.263 e. The minimum atomic E-state index is -0.0750. The topological polar surface area (TPSA) is 51.2 Å². The molecule has 0 bridgehead atoms. The van der Waals surface area contributed by atoms with E-state index in [0.717, 1.165) is 16.1 Å². The van der Waals surface area contributed by atoms with Gasteiger partial charge in [0.05, 0.1) is 17.8 Å². The molecule has 1 N–H and O–H groups in total. The Labute approximate surface area is 135 Å². The van der Waals surface area contributed by atoms with Gasteiger partial charge in [0.25, 0.3) is 5.91 Å². The molecule has 0 atom stereocenters. The summed E-state index contributed by atoms with van der Waals surface area (Å²) >= 11 is 1.45. The van der Waals surface area contributed by atoms with Gasteiger partial charge in [-0.2, -0.15) is 0 Å². The van der Waals surface area contributed by atoms with Crippen LogP contribution in [0.15, 0.2) is 30.5 Å². The maximum absolute atomic E-state index is 12.2. The van der Waals surface area contributed by atoms with E-state index in [9.17, 15) is 4.79 Å². The van der Waals surface area contributed by atoms with Gasteiger partial charge in [-0.3, -0.25) is 4.79 Å². The molecular weight excluding hydrogens is 296 g/mol. The van der Waals surface area contributed by atoms with Gasteiger partial charge >= 0.3 is 0 Å². The molecule has 4 nitrogen and oxygen atoms in total. The highest BCUT2D eigenvalue weighted by Gasteiger charge is 2.20. The summed E-state index contributed by atoms with van der Waals surface area (Å²) in [6.07, 6.45) is 1.66. The highest BCUT2D eigenvalue weighted by Crippen LogP contribution is 2.26.